The number of hydrogen-bond donors (Lipinski definition) is 0. The van der Waals surface area contributed by atoms with Gasteiger partial charge in [-0.25, -0.2) is 12.8 Å². The van der Waals surface area contributed by atoms with Gasteiger partial charge in [-0.2, -0.15) is 0 Å². The number of nitrogens with zero attached hydrogens (tertiary/aromatic N) is 1. The summed E-state index contributed by atoms with van der Waals surface area (Å²) < 4.78 is 42.9. The van der Waals surface area contributed by atoms with Gasteiger partial charge < -0.3 is 0 Å². The Bertz CT molecular complexity index is 1570. The third-order valence-corrected chi connectivity index (χ3v) is 8.49. The van der Waals surface area contributed by atoms with Gasteiger partial charge in [0.1, 0.15) is 11.9 Å². The summed E-state index contributed by atoms with van der Waals surface area (Å²) in [7, 11) is -4.19. The predicted octanol–water partition coefficient (Wildman–Crippen LogP) is 5.95. The molecule has 0 saturated heterocycles. The summed E-state index contributed by atoms with van der Waals surface area (Å²) in [5, 5.41) is 0. The predicted molar refractivity (Wildman–Crippen MR) is 140 cm³/mol. The lowest BCUT2D eigenvalue weighted by Crippen LogP contribution is -2.45. The van der Waals surface area contributed by atoms with Gasteiger partial charge in [-0.1, -0.05) is 66.2 Å². The molecule has 4 aromatic carbocycles. The molecule has 0 aromatic heterocycles. The molecular formula is C30H24FNO4S. The maximum absolute atomic E-state index is 14.0. The molecule has 0 unspecified atom stereocenters. The van der Waals surface area contributed by atoms with E-state index in [9.17, 15) is 22.4 Å². The van der Waals surface area contributed by atoms with Crippen LogP contribution in [0.15, 0.2) is 108 Å². The molecule has 4 aromatic rings. The summed E-state index contributed by atoms with van der Waals surface area (Å²) in [6.45, 7) is 1.85. The number of hydrogen-bond acceptors (Lipinski definition) is 4. The molecule has 0 bridgehead atoms. The zero-order valence-electron chi connectivity index (χ0n) is 20.0. The summed E-state index contributed by atoms with van der Waals surface area (Å²) in [6.07, 6.45) is -0.0709. The standard InChI is InChI=1S/C30H24FNO4S/c1-20-11-17-24(18-12-20)37(35,36)32-27-10-6-5-9-25(27)26(19-28(33)21-7-3-2-4-8-21)29(32)30(34)22-13-15-23(31)16-14-22/h2-18,26,29H,19H2,1H3/t26-,29+/m1/s1. The molecule has 0 saturated carbocycles. The van der Waals surface area contributed by atoms with Crippen LogP contribution in [0.4, 0.5) is 10.1 Å². The summed E-state index contributed by atoms with van der Waals surface area (Å²) in [5.74, 6) is -1.95. The lowest BCUT2D eigenvalue weighted by atomic mass is 9.85. The number of anilines is 1. The molecule has 5 nitrogen and oxygen atoms in total. The van der Waals surface area contributed by atoms with Crippen molar-refractivity contribution >= 4 is 27.3 Å². The second-order valence-electron chi connectivity index (χ2n) is 9.09. The summed E-state index contributed by atoms with van der Waals surface area (Å²) >= 11 is 0. The number of rotatable bonds is 7. The Morgan fingerprint density at radius 3 is 2.08 bits per heavy atom. The molecule has 0 aliphatic carbocycles. The highest BCUT2D eigenvalue weighted by atomic mass is 32.2. The fraction of sp³-hybridized carbons (Fsp3) is 0.133. The fourth-order valence-corrected chi connectivity index (χ4v) is 6.50. The van der Waals surface area contributed by atoms with Crippen LogP contribution < -0.4 is 4.31 Å². The molecule has 2 atom stereocenters. The van der Waals surface area contributed by atoms with Crippen LogP contribution in [0.1, 0.15) is 44.2 Å². The van der Waals surface area contributed by atoms with Crippen LogP contribution in [0, 0.1) is 12.7 Å². The quantitative estimate of drug-likeness (QED) is 0.286. The second kappa shape index (κ2) is 9.75. The highest BCUT2D eigenvalue weighted by Crippen LogP contribution is 2.47. The number of carbonyl (C=O) groups is 2. The van der Waals surface area contributed by atoms with E-state index in [1.807, 2.05) is 6.92 Å². The van der Waals surface area contributed by atoms with Crippen molar-refractivity contribution in [2.45, 2.75) is 30.2 Å². The molecular weight excluding hydrogens is 489 g/mol. The molecule has 0 N–H and O–H groups in total. The number of halogens is 1. The summed E-state index contributed by atoms with van der Waals surface area (Å²) in [5.41, 5.74) is 2.50. The minimum absolute atomic E-state index is 0.0415. The van der Waals surface area contributed by atoms with Crippen molar-refractivity contribution in [3.05, 3.63) is 131 Å². The Balaban J connectivity index is 1.66. The Morgan fingerprint density at radius 1 is 0.784 bits per heavy atom. The van der Waals surface area contributed by atoms with Crippen molar-refractivity contribution in [1.29, 1.82) is 0 Å². The minimum atomic E-state index is -4.19. The lowest BCUT2D eigenvalue weighted by Gasteiger charge is -2.29. The Morgan fingerprint density at radius 2 is 1.41 bits per heavy atom. The van der Waals surface area contributed by atoms with Gasteiger partial charge in [-0.3, -0.25) is 13.9 Å². The third kappa shape index (κ3) is 4.58. The Hall–Kier alpha value is -4.10. The largest absolute Gasteiger partial charge is 0.294 e. The van der Waals surface area contributed by atoms with Crippen LogP contribution >= 0.6 is 0 Å². The molecule has 1 aliphatic rings. The van der Waals surface area contributed by atoms with E-state index in [0.29, 0.717) is 16.8 Å². The average molecular weight is 514 g/mol. The molecule has 0 amide bonds. The van der Waals surface area contributed by atoms with Crippen LogP contribution in [-0.4, -0.2) is 26.0 Å². The first-order chi connectivity index (χ1) is 17.8. The maximum Gasteiger partial charge on any atom is 0.265 e. The van der Waals surface area contributed by atoms with Crippen molar-refractivity contribution in [1.82, 2.24) is 0 Å². The normalized spacial score (nSPS) is 16.9. The summed E-state index contributed by atoms with van der Waals surface area (Å²) in [4.78, 5) is 27.3. The first-order valence-electron chi connectivity index (χ1n) is 11.9. The number of fused-ring (bicyclic) bond motifs is 1. The topological polar surface area (TPSA) is 71.5 Å². The molecule has 186 valence electrons. The van der Waals surface area contributed by atoms with E-state index in [-0.39, 0.29) is 22.7 Å². The number of aryl methyl sites for hydroxylation is 1. The van der Waals surface area contributed by atoms with E-state index < -0.39 is 33.6 Å². The van der Waals surface area contributed by atoms with E-state index in [1.165, 1.54) is 24.3 Å². The van der Waals surface area contributed by atoms with E-state index in [0.717, 1.165) is 22.0 Å². The molecule has 1 heterocycles. The van der Waals surface area contributed by atoms with Gasteiger partial charge in [-0.05, 0) is 55.0 Å². The number of Topliss-reactive ketones (excluding diaryl/α,β-unsaturated/α-hetero) is 2. The number of para-hydroxylation sites is 1. The van der Waals surface area contributed by atoms with Gasteiger partial charge in [0.25, 0.3) is 10.0 Å². The first kappa shape index (κ1) is 24.6. The van der Waals surface area contributed by atoms with Crippen molar-refractivity contribution in [3.8, 4) is 0 Å². The van der Waals surface area contributed by atoms with Crippen LogP contribution in [0.25, 0.3) is 0 Å². The van der Waals surface area contributed by atoms with Crippen LogP contribution in [0.2, 0.25) is 0 Å². The van der Waals surface area contributed by atoms with Crippen LogP contribution in [-0.2, 0) is 10.0 Å². The number of carbonyl (C=O) groups excluding carboxylic acids is 2. The fourth-order valence-electron chi connectivity index (χ4n) is 4.83. The van der Waals surface area contributed by atoms with Gasteiger partial charge in [0.15, 0.2) is 11.6 Å². The van der Waals surface area contributed by atoms with Crippen molar-refractivity contribution < 1.29 is 22.4 Å². The second-order valence-corrected chi connectivity index (χ2v) is 10.9. The smallest absolute Gasteiger partial charge is 0.265 e. The number of benzene rings is 4. The molecule has 7 heteroatoms. The molecule has 5 rings (SSSR count). The van der Waals surface area contributed by atoms with Crippen molar-refractivity contribution in [3.63, 3.8) is 0 Å². The first-order valence-corrected chi connectivity index (χ1v) is 13.3. The Labute approximate surface area is 215 Å². The Kier molecular flexibility index (Phi) is 6.48. The van der Waals surface area contributed by atoms with E-state index in [1.54, 1.807) is 66.7 Å². The molecule has 0 radical (unpaired) electrons. The molecule has 0 spiro atoms. The van der Waals surface area contributed by atoms with Gasteiger partial charge >= 0.3 is 0 Å². The van der Waals surface area contributed by atoms with Crippen LogP contribution in [0.3, 0.4) is 0 Å². The monoisotopic (exact) mass is 513 g/mol. The van der Waals surface area contributed by atoms with Gasteiger partial charge in [0.05, 0.1) is 10.6 Å². The third-order valence-electron chi connectivity index (χ3n) is 6.68. The molecule has 1 aliphatic heterocycles. The van der Waals surface area contributed by atoms with Gasteiger partial charge in [0, 0.05) is 23.5 Å². The van der Waals surface area contributed by atoms with E-state index >= 15 is 0 Å². The highest BCUT2D eigenvalue weighted by molar-refractivity contribution is 7.93. The van der Waals surface area contributed by atoms with Crippen molar-refractivity contribution in [2.75, 3.05) is 4.31 Å². The van der Waals surface area contributed by atoms with E-state index in [2.05, 4.69) is 0 Å². The molecule has 0 fully saturated rings. The average Bonchev–Trinajstić information content (AvgIpc) is 3.24. The zero-order chi connectivity index (χ0) is 26.2. The number of sulfonamides is 1. The molecule has 37 heavy (non-hydrogen) atoms. The van der Waals surface area contributed by atoms with Gasteiger partial charge in [0.2, 0.25) is 0 Å². The SMILES string of the molecule is Cc1ccc(S(=O)(=O)N2c3ccccc3[C@@H](CC(=O)c3ccccc3)[C@H]2C(=O)c2ccc(F)cc2)cc1. The van der Waals surface area contributed by atoms with Gasteiger partial charge in [-0.15, -0.1) is 0 Å². The van der Waals surface area contributed by atoms with Crippen molar-refractivity contribution in [2.24, 2.45) is 0 Å². The van der Waals surface area contributed by atoms with E-state index in [4.69, 9.17) is 0 Å². The minimum Gasteiger partial charge on any atom is -0.294 e. The maximum atomic E-state index is 14.0. The number of ketones is 2. The lowest BCUT2D eigenvalue weighted by molar-refractivity contribution is 0.0930. The highest BCUT2D eigenvalue weighted by Gasteiger charge is 2.49. The van der Waals surface area contributed by atoms with Crippen LogP contribution in [0.5, 0.6) is 0 Å². The zero-order valence-corrected chi connectivity index (χ0v) is 20.9. The summed E-state index contributed by atoms with van der Waals surface area (Å²) in [6, 6.07) is 25.8.